The van der Waals surface area contributed by atoms with Crippen molar-refractivity contribution in [1.82, 2.24) is 0 Å². The van der Waals surface area contributed by atoms with Gasteiger partial charge in [0.25, 0.3) is 0 Å². The second-order valence-electron chi connectivity index (χ2n) is 1.74. The summed E-state index contributed by atoms with van der Waals surface area (Å²) < 4.78 is 51.7. The van der Waals surface area contributed by atoms with Crippen LogP contribution in [0.3, 0.4) is 0 Å². The normalized spacial score (nSPS) is 8.44. The van der Waals surface area contributed by atoms with Crippen LogP contribution in [0.15, 0.2) is 0 Å². The molecule has 0 aliphatic heterocycles. The summed E-state index contributed by atoms with van der Waals surface area (Å²) in [5.74, 6) is -4.20. The van der Waals surface area contributed by atoms with Crippen molar-refractivity contribution in [3.05, 3.63) is 0 Å². The number of carbonyl (C=O) groups is 2. The molecule has 0 bridgehead atoms. The molecule has 0 unspecified atom stereocenters. The second-order valence-corrected chi connectivity index (χ2v) is 1.74. The van der Waals surface area contributed by atoms with E-state index in [0.29, 0.717) is 0 Å². The van der Waals surface area contributed by atoms with E-state index in [-0.39, 0.29) is 37.7 Å². The van der Waals surface area contributed by atoms with Gasteiger partial charge in [0.05, 0.1) is 0 Å². The summed E-state index contributed by atoms with van der Waals surface area (Å²) >= 11 is 0. The topological polar surface area (TPSA) is 89.5 Å². The van der Waals surface area contributed by atoms with Crippen molar-refractivity contribution in [3.63, 3.8) is 0 Å². The quantitative estimate of drug-likeness (QED) is 0.321. The van der Waals surface area contributed by atoms with Gasteiger partial charge >= 0.3 is 64.3 Å². The zero-order valence-electron chi connectivity index (χ0n) is 6.93. The van der Waals surface area contributed by atoms with Crippen LogP contribution in [-0.4, -0.2) is 64.3 Å². The molecule has 8 nitrogen and oxygen atoms in total. The second kappa shape index (κ2) is 13.3. The molecule has 16 heteroatoms. The van der Waals surface area contributed by atoms with E-state index in [0.717, 1.165) is 0 Å². The van der Waals surface area contributed by atoms with Gasteiger partial charge in [-0.25, -0.2) is 9.59 Å². The van der Waals surface area contributed by atoms with Crippen LogP contribution in [-0.2, 0) is 38.3 Å². The molecule has 0 amide bonds. The van der Waals surface area contributed by atoms with Crippen LogP contribution < -0.4 is 0 Å². The molecule has 0 aliphatic carbocycles. The Balaban J connectivity index is -0.00000112. The monoisotopic (exact) mass is 266 g/mol. The molecular weight excluding hydrogens is 264 g/mol. The van der Waals surface area contributed by atoms with Gasteiger partial charge < -0.3 is 9.31 Å². The predicted octanol–water partition coefficient (Wildman–Crippen LogP) is -1.65. The Morgan fingerprint density at radius 3 is 1.06 bits per heavy atom. The summed E-state index contributed by atoms with van der Waals surface area (Å²) in [6.07, 6.45) is 0. The molecule has 0 rings (SSSR count). The van der Waals surface area contributed by atoms with E-state index in [1.54, 1.807) is 0 Å². The molecule has 0 aromatic carbocycles. The Morgan fingerprint density at radius 2 is 0.889 bits per heavy atom. The first kappa shape index (κ1) is 23.0. The first-order chi connectivity index (χ1) is 7.58. The van der Waals surface area contributed by atoms with E-state index in [4.69, 9.17) is 0 Å². The van der Waals surface area contributed by atoms with E-state index in [2.05, 4.69) is 28.7 Å². The standard InChI is InChI=1S/C2B2F4O8.2Li.2H/c5-13-3(14-6)11-1(9)2(10)12-4(15-7)16-8;;;;. The third kappa shape index (κ3) is 8.85. The number of hydrogen-bond acceptors (Lipinski definition) is 8. The fourth-order valence-corrected chi connectivity index (χ4v) is 0.371. The van der Waals surface area contributed by atoms with Crippen molar-refractivity contribution in [1.29, 1.82) is 0 Å². The average molecular weight is 266 g/mol. The van der Waals surface area contributed by atoms with E-state index >= 15 is 0 Å². The first-order valence-electron chi connectivity index (χ1n) is 3.10. The zero-order valence-corrected chi connectivity index (χ0v) is 6.93. The summed E-state index contributed by atoms with van der Waals surface area (Å²) in [7, 11) is -5.59. The van der Waals surface area contributed by atoms with Gasteiger partial charge in [-0.3, -0.25) is 0 Å². The van der Waals surface area contributed by atoms with Crippen molar-refractivity contribution in [2.45, 2.75) is 0 Å². The van der Waals surface area contributed by atoms with E-state index in [9.17, 15) is 27.7 Å². The summed E-state index contributed by atoms with van der Waals surface area (Å²) in [4.78, 5) is 31.1. The molecule has 0 aromatic rings. The van der Waals surface area contributed by atoms with Crippen LogP contribution in [0.1, 0.15) is 0 Å². The van der Waals surface area contributed by atoms with E-state index in [1.807, 2.05) is 0 Å². The summed E-state index contributed by atoms with van der Waals surface area (Å²) in [5.41, 5.74) is 0. The van der Waals surface area contributed by atoms with Gasteiger partial charge in [-0.2, -0.15) is 19.4 Å². The molecule has 0 aromatic heterocycles. The Bertz CT molecular complexity index is 217. The Hall–Kier alpha value is -0.175. The predicted molar refractivity (Wildman–Crippen MR) is 46.8 cm³/mol. The third-order valence-electron chi connectivity index (χ3n) is 0.864. The van der Waals surface area contributed by atoms with Gasteiger partial charge in [0.2, 0.25) is 0 Å². The van der Waals surface area contributed by atoms with Crippen molar-refractivity contribution >= 4 is 64.3 Å². The Labute approximate surface area is 121 Å². The molecule has 0 N–H and O–H groups in total. The molecule has 0 saturated carbocycles. The van der Waals surface area contributed by atoms with Crippen molar-refractivity contribution in [2.24, 2.45) is 0 Å². The molecule has 94 valence electrons. The maximum atomic E-state index is 11.2. The van der Waals surface area contributed by atoms with Crippen LogP contribution in [0.25, 0.3) is 0 Å². The minimum atomic E-state index is -2.80. The zero-order chi connectivity index (χ0) is 12.6. The molecule has 0 radical (unpaired) electrons. The van der Waals surface area contributed by atoms with E-state index in [1.165, 1.54) is 0 Å². The first-order valence-corrected chi connectivity index (χ1v) is 3.10. The fraction of sp³-hybridized carbons (Fsp3) is 0. The average Bonchev–Trinajstić information content (AvgIpc) is 2.32. The molecule has 0 aliphatic rings. The van der Waals surface area contributed by atoms with Crippen molar-refractivity contribution < 1.29 is 56.4 Å². The molecule has 0 atom stereocenters. The molecule has 0 heterocycles. The molecule has 0 spiro atoms. The van der Waals surface area contributed by atoms with Crippen LogP contribution in [0, 0.1) is 0 Å². The minimum absolute atomic E-state index is 0. The van der Waals surface area contributed by atoms with Gasteiger partial charge in [-0.05, 0) is 0 Å². The van der Waals surface area contributed by atoms with Gasteiger partial charge in [0, 0.05) is 0 Å². The molecular formula is C2H2B2F4Li2O8. The molecule has 0 fully saturated rings. The molecule has 18 heavy (non-hydrogen) atoms. The number of carbonyl (C=O) groups excluding carboxylic acids is 2. The SMILES string of the molecule is O=C(OB(OF)OF)C(=O)OB(OF)OF.[LiH].[LiH]. The maximum absolute atomic E-state index is 11.2. The van der Waals surface area contributed by atoms with Crippen LogP contribution in [0.2, 0.25) is 0 Å². The van der Waals surface area contributed by atoms with Gasteiger partial charge in [-0.1, -0.05) is 18.1 Å². The third-order valence-corrected chi connectivity index (χ3v) is 0.864. The van der Waals surface area contributed by atoms with Crippen LogP contribution in [0.5, 0.6) is 0 Å². The van der Waals surface area contributed by atoms with Crippen LogP contribution >= 0.6 is 0 Å². The Kier molecular flexibility index (Phi) is 16.9. The van der Waals surface area contributed by atoms with Gasteiger partial charge in [-0.15, -0.1) is 0 Å². The van der Waals surface area contributed by atoms with Gasteiger partial charge in [0.15, 0.2) is 0 Å². The summed E-state index contributed by atoms with van der Waals surface area (Å²) in [6, 6.07) is 0. The summed E-state index contributed by atoms with van der Waals surface area (Å²) in [5, 5.41) is 0. The number of rotatable bonds is 6. The van der Waals surface area contributed by atoms with Crippen molar-refractivity contribution in [3.8, 4) is 0 Å². The summed E-state index contributed by atoms with van der Waals surface area (Å²) in [6.45, 7) is 0. The fourth-order valence-electron chi connectivity index (χ4n) is 0.371. The Morgan fingerprint density at radius 1 is 0.667 bits per heavy atom. The van der Waals surface area contributed by atoms with E-state index < -0.39 is 26.6 Å². The molecule has 0 saturated heterocycles. The van der Waals surface area contributed by atoms with Crippen molar-refractivity contribution in [2.75, 3.05) is 0 Å². The van der Waals surface area contributed by atoms with Crippen LogP contribution in [0.4, 0.5) is 18.1 Å². The number of halogens is 4. The van der Waals surface area contributed by atoms with Gasteiger partial charge in [0.1, 0.15) is 0 Å². The number of hydrogen-bond donors (Lipinski definition) is 0.